The third-order valence-corrected chi connectivity index (χ3v) is 1.37. The summed E-state index contributed by atoms with van der Waals surface area (Å²) in [5.41, 5.74) is 0. The average Bonchev–Trinajstić information content (AvgIpc) is 2.39. The maximum absolute atomic E-state index is 10.2. The third-order valence-electron chi connectivity index (χ3n) is 0.939. The lowest BCUT2D eigenvalue weighted by atomic mass is 10.4. The second-order valence-electron chi connectivity index (χ2n) is 1.59. The van der Waals surface area contributed by atoms with Crippen molar-refractivity contribution in [2.45, 2.75) is 12.2 Å². The number of epoxide rings is 1. The molecule has 50 valence electrons. The second kappa shape index (κ2) is 2.25. The summed E-state index contributed by atoms with van der Waals surface area (Å²) in [4.78, 5) is 20.3. The van der Waals surface area contributed by atoms with Crippen LogP contribution in [0, 0.1) is 0 Å². The highest BCUT2D eigenvalue weighted by atomic mass is 35.5. The summed E-state index contributed by atoms with van der Waals surface area (Å²) in [6.07, 6.45) is -1.59. The molecule has 1 heterocycles. The van der Waals surface area contributed by atoms with Crippen LogP contribution in [0.4, 0.5) is 0 Å². The van der Waals surface area contributed by atoms with Crippen LogP contribution < -0.4 is 0 Å². The van der Waals surface area contributed by atoms with E-state index in [1.807, 2.05) is 0 Å². The van der Waals surface area contributed by atoms with Crippen LogP contribution in [-0.4, -0.2) is 22.7 Å². The Balaban J connectivity index is 2.42. The van der Waals surface area contributed by atoms with E-state index in [0.29, 0.717) is 0 Å². The largest absolute Gasteiger partial charge is 0.350 e. The zero-order chi connectivity index (χ0) is 7.02. The molecule has 0 aromatic carbocycles. The smallest absolute Gasteiger partial charge is 0.253 e. The van der Waals surface area contributed by atoms with Crippen molar-refractivity contribution in [3.63, 3.8) is 0 Å². The van der Waals surface area contributed by atoms with Crippen molar-refractivity contribution in [3.05, 3.63) is 0 Å². The first-order chi connectivity index (χ1) is 4.13. The lowest BCUT2D eigenvalue weighted by Gasteiger charge is -1.75. The van der Waals surface area contributed by atoms with Gasteiger partial charge in [-0.3, -0.25) is 9.59 Å². The van der Waals surface area contributed by atoms with E-state index in [9.17, 15) is 9.59 Å². The van der Waals surface area contributed by atoms with Crippen molar-refractivity contribution in [2.75, 3.05) is 0 Å². The van der Waals surface area contributed by atoms with Crippen molar-refractivity contribution in [3.8, 4) is 0 Å². The van der Waals surface area contributed by atoms with Gasteiger partial charge in [0.05, 0.1) is 0 Å². The van der Waals surface area contributed by atoms with E-state index < -0.39 is 22.7 Å². The molecule has 0 radical (unpaired) electrons. The minimum atomic E-state index is -0.795. The molecule has 2 unspecified atom stereocenters. The molecule has 1 saturated heterocycles. The summed E-state index contributed by atoms with van der Waals surface area (Å²) in [5.74, 6) is 0. The number of rotatable bonds is 2. The molecule has 0 aromatic heterocycles. The van der Waals surface area contributed by atoms with Gasteiger partial charge in [-0.1, -0.05) is 0 Å². The van der Waals surface area contributed by atoms with E-state index in [1.165, 1.54) is 0 Å². The van der Waals surface area contributed by atoms with Gasteiger partial charge >= 0.3 is 0 Å². The summed E-state index contributed by atoms with van der Waals surface area (Å²) in [6, 6.07) is 0. The average molecular weight is 169 g/mol. The highest BCUT2D eigenvalue weighted by Crippen LogP contribution is 2.26. The Morgan fingerprint density at radius 3 is 1.56 bits per heavy atom. The Morgan fingerprint density at radius 1 is 1.11 bits per heavy atom. The fraction of sp³-hybridized carbons (Fsp3) is 0.500. The molecule has 9 heavy (non-hydrogen) atoms. The molecule has 3 nitrogen and oxygen atoms in total. The molecule has 1 rings (SSSR count). The van der Waals surface area contributed by atoms with Crippen molar-refractivity contribution in [2.24, 2.45) is 0 Å². The molecule has 1 aliphatic heterocycles. The van der Waals surface area contributed by atoms with Gasteiger partial charge in [-0.05, 0) is 23.2 Å². The minimum Gasteiger partial charge on any atom is -0.350 e. The van der Waals surface area contributed by atoms with Gasteiger partial charge in [0.2, 0.25) is 0 Å². The third kappa shape index (κ3) is 1.41. The van der Waals surface area contributed by atoms with E-state index in [4.69, 9.17) is 23.2 Å². The van der Waals surface area contributed by atoms with Crippen LogP contribution in [-0.2, 0) is 14.3 Å². The Bertz CT molecular complexity index is 149. The van der Waals surface area contributed by atoms with Crippen molar-refractivity contribution in [1.29, 1.82) is 0 Å². The lowest BCUT2D eigenvalue weighted by Crippen LogP contribution is -2.06. The number of hydrogen-bond acceptors (Lipinski definition) is 3. The quantitative estimate of drug-likeness (QED) is 0.440. The Labute approximate surface area is 60.9 Å². The number of halogens is 2. The van der Waals surface area contributed by atoms with Gasteiger partial charge in [-0.15, -0.1) is 0 Å². The highest BCUT2D eigenvalue weighted by Gasteiger charge is 2.48. The monoisotopic (exact) mass is 168 g/mol. The van der Waals surface area contributed by atoms with E-state index in [1.54, 1.807) is 0 Å². The highest BCUT2D eigenvalue weighted by molar-refractivity contribution is 6.68. The fourth-order valence-electron chi connectivity index (χ4n) is 0.458. The first-order valence-corrected chi connectivity index (χ1v) is 2.92. The van der Waals surface area contributed by atoms with E-state index in [2.05, 4.69) is 4.74 Å². The molecule has 1 fully saturated rings. The predicted octanol–water partition coefficient (Wildman–Crippen LogP) is 0.285. The zero-order valence-electron chi connectivity index (χ0n) is 4.14. The molecular weight excluding hydrogens is 167 g/mol. The van der Waals surface area contributed by atoms with E-state index in [-0.39, 0.29) is 0 Å². The van der Waals surface area contributed by atoms with Crippen LogP contribution in [0.1, 0.15) is 0 Å². The number of carbonyl (C=O) groups is 2. The van der Waals surface area contributed by atoms with Crippen LogP contribution in [0.5, 0.6) is 0 Å². The number of ether oxygens (including phenoxy) is 1. The molecule has 1 aliphatic rings. The summed E-state index contributed by atoms with van der Waals surface area (Å²) in [5, 5.41) is -1.34. The summed E-state index contributed by atoms with van der Waals surface area (Å²) >= 11 is 9.88. The number of carbonyl (C=O) groups excluding carboxylic acids is 2. The predicted molar refractivity (Wildman–Crippen MR) is 30.4 cm³/mol. The molecule has 0 amide bonds. The normalized spacial score (nSPS) is 31.8. The fourth-order valence-corrected chi connectivity index (χ4v) is 0.789. The van der Waals surface area contributed by atoms with E-state index >= 15 is 0 Å². The lowest BCUT2D eigenvalue weighted by molar-refractivity contribution is -0.114. The Morgan fingerprint density at radius 2 is 1.44 bits per heavy atom. The molecule has 0 spiro atoms. The first kappa shape index (κ1) is 6.99. The minimum absolute atomic E-state index is 0.672. The Hall–Kier alpha value is -0.120. The summed E-state index contributed by atoms with van der Waals surface area (Å²) < 4.78 is 4.48. The molecular formula is C4H2Cl2O3. The first-order valence-electron chi connectivity index (χ1n) is 2.17. The van der Waals surface area contributed by atoms with Crippen LogP contribution in [0.25, 0.3) is 0 Å². The molecule has 0 aromatic rings. The maximum atomic E-state index is 10.2. The van der Waals surface area contributed by atoms with E-state index in [0.717, 1.165) is 0 Å². The van der Waals surface area contributed by atoms with Crippen molar-refractivity contribution in [1.82, 2.24) is 0 Å². The zero-order valence-corrected chi connectivity index (χ0v) is 5.65. The van der Waals surface area contributed by atoms with Crippen molar-refractivity contribution < 1.29 is 14.3 Å². The summed E-state index contributed by atoms with van der Waals surface area (Å²) in [7, 11) is 0. The molecule has 0 bridgehead atoms. The van der Waals surface area contributed by atoms with Crippen LogP contribution in [0.15, 0.2) is 0 Å². The molecule has 0 N–H and O–H groups in total. The van der Waals surface area contributed by atoms with Gasteiger partial charge in [0.15, 0.2) is 12.2 Å². The van der Waals surface area contributed by atoms with Gasteiger partial charge < -0.3 is 4.74 Å². The number of hydrogen-bond donors (Lipinski definition) is 0. The molecule has 0 aliphatic carbocycles. The van der Waals surface area contributed by atoms with Crippen LogP contribution >= 0.6 is 23.2 Å². The van der Waals surface area contributed by atoms with Crippen LogP contribution in [0.2, 0.25) is 0 Å². The SMILES string of the molecule is O=C(Cl)C1OC1C(=O)Cl. The van der Waals surface area contributed by atoms with Crippen LogP contribution in [0.3, 0.4) is 0 Å². The van der Waals surface area contributed by atoms with Gasteiger partial charge in [-0.25, -0.2) is 0 Å². The van der Waals surface area contributed by atoms with Gasteiger partial charge in [0, 0.05) is 0 Å². The van der Waals surface area contributed by atoms with Gasteiger partial charge in [-0.2, -0.15) is 0 Å². The van der Waals surface area contributed by atoms with Gasteiger partial charge in [0.25, 0.3) is 10.5 Å². The van der Waals surface area contributed by atoms with Crippen molar-refractivity contribution >= 4 is 33.7 Å². The topological polar surface area (TPSA) is 46.7 Å². The maximum Gasteiger partial charge on any atom is 0.253 e. The Kier molecular flexibility index (Phi) is 1.75. The molecule has 0 saturated carbocycles. The summed E-state index contributed by atoms with van der Waals surface area (Å²) in [6.45, 7) is 0. The standard InChI is InChI=1S/C4H2Cl2O3/c5-3(7)1-2(9-1)4(6)8/h1-2H. The molecule has 2 atom stereocenters. The molecule has 5 heteroatoms. The van der Waals surface area contributed by atoms with Gasteiger partial charge in [0.1, 0.15) is 0 Å². The second-order valence-corrected chi connectivity index (χ2v) is 2.33.